The minimum absolute atomic E-state index is 0.0707. The highest BCUT2D eigenvalue weighted by Gasteiger charge is 2.30. The van der Waals surface area contributed by atoms with Crippen LogP contribution in [0.1, 0.15) is 40.0 Å². The molecule has 88 valence electrons. The second-order valence-corrected chi connectivity index (χ2v) is 4.84. The molecule has 0 aromatic heterocycles. The van der Waals surface area contributed by atoms with Crippen molar-refractivity contribution in [1.29, 1.82) is 0 Å². The van der Waals surface area contributed by atoms with Crippen molar-refractivity contribution in [3.8, 4) is 0 Å². The van der Waals surface area contributed by atoms with E-state index in [2.05, 4.69) is 6.92 Å². The molecule has 0 spiro atoms. The summed E-state index contributed by atoms with van der Waals surface area (Å²) < 4.78 is 5.58. The van der Waals surface area contributed by atoms with Gasteiger partial charge in [0.25, 0.3) is 0 Å². The first-order valence-electron chi connectivity index (χ1n) is 5.79. The summed E-state index contributed by atoms with van der Waals surface area (Å²) in [6.07, 6.45) is 2.91. The van der Waals surface area contributed by atoms with E-state index in [1.54, 1.807) is 6.92 Å². The molecular weight excluding hydrogens is 192 g/mol. The highest BCUT2D eigenvalue weighted by atomic mass is 16.5. The average molecular weight is 214 g/mol. The number of aliphatic hydroxyl groups excluding tert-OH is 1. The van der Waals surface area contributed by atoms with E-state index in [1.807, 2.05) is 6.92 Å². The summed E-state index contributed by atoms with van der Waals surface area (Å²) in [5, 5.41) is 9.54. The van der Waals surface area contributed by atoms with Crippen LogP contribution in [0.15, 0.2) is 0 Å². The van der Waals surface area contributed by atoms with E-state index in [0.717, 1.165) is 19.3 Å². The van der Waals surface area contributed by atoms with Gasteiger partial charge >= 0.3 is 0 Å². The van der Waals surface area contributed by atoms with Crippen LogP contribution in [0.5, 0.6) is 0 Å². The fraction of sp³-hybridized carbons (Fsp3) is 0.917. The summed E-state index contributed by atoms with van der Waals surface area (Å²) in [6, 6.07) is 0. The van der Waals surface area contributed by atoms with E-state index in [9.17, 15) is 9.90 Å². The smallest absolute Gasteiger partial charge is 0.155 e. The number of Topliss-reactive ketones (excluding diaryl/α,β-unsaturated/α-hetero) is 1. The van der Waals surface area contributed by atoms with Crippen LogP contribution in [0.3, 0.4) is 0 Å². The Kier molecular flexibility index (Phi) is 4.74. The maximum atomic E-state index is 10.8. The number of ether oxygens (including phenoxy) is 1. The Labute approximate surface area is 91.8 Å². The summed E-state index contributed by atoms with van der Waals surface area (Å²) in [4.78, 5) is 10.8. The molecule has 15 heavy (non-hydrogen) atoms. The number of ketones is 1. The van der Waals surface area contributed by atoms with Crippen LogP contribution in [0.25, 0.3) is 0 Å². The van der Waals surface area contributed by atoms with Gasteiger partial charge < -0.3 is 9.84 Å². The van der Waals surface area contributed by atoms with Gasteiger partial charge in [-0.2, -0.15) is 0 Å². The highest BCUT2D eigenvalue weighted by Crippen LogP contribution is 2.32. The lowest BCUT2D eigenvalue weighted by Gasteiger charge is -2.35. The second-order valence-electron chi connectivity index (χ2n) is 4.84. The zero-order valence-electron chi connectivity index (χ0n) is 9.90. The molecule has 1 rings (SSSR count). The first kappa shape index (κ1) is 12.7. The first-order valence-corrected chi connectivity index (χ1v) is 5.79. The molecule has 3 nitrogen and oxygen atoms in total. The van der Waals surface area contributed by atoms with E-state index in [1.165, 1.54) is 0 Å². The standard InChI is InChI=1S/C12H22O3/c1-8-4-5-11(10(3)14)6-12(8)15-7-9(2)13/h8,10-12,14H,4-7H2,1-3H3. The molecule has 0 aliphatic heterocycles. The lowest BCUT2D eigenvalue weighted by molar-refractivity contribution is -0.126. The van der Waals surface area contributed by atoms with Crippen LogP contribution in [0.4, 0.5) is 0 Å². The Morgan fingerprint density at radius 1 is 1.53 bits per heavy atom. The predicted octanol–water partition coefficient (Wildman–Crippen LogP) is 1.78. The molecule has 0 saturated heterocycles. The molecule has 0 bridgehead atoms. The van der Waals surface area contributed by atoms with Gasteiger partial charge in [0.2, 0.25) is 0 Å². The molecule has 3 heteroatoms. The van der Waals surface area contributed by atoms with E-state index in [-0.39, 0.29) is 24.6 Å². The van der Waals surface area contributed by atoms with Gasteiger partial charge in [0, 0.05) is 0 Å². The van der Waals surface area contributed by atoms with Crippen molar-refractivity contribution in [2.45, 2.75) is 52.2 Å². The van der Waals surface area contributed by atoms with Crippen LogP contribution >= 0.6 is 0 Å². The third-order valence-corrected chi connectivity index (χ3v) is 3.35. The highest BCUT2D eigenvalue weighted by molar-refractivity contribution is 5.76. The van der Waals surface area contributed by atoms with Gasteiger partial charge in [0.1, 0.15) is 6.61 Å². The molecule has 1 N–H and O–H groups in total. The van der Waals surface area contributed by atoms with Crippen molar-refractivity contribution in [1.82, 2.24) is 0 Å². The molecule has 0 amide bonds. The predicted molar refractivity (Wildman–Crippen MR) is 58.6 cm³/mol. The minimum atomic E-state index is -0.263. The van der Waals surface area contributed by atoms with Gasteiger partial charge in [-0.05, 0) is 44.9 Å². The van der Waals surface area contributed by atoms with Crippen LogP contribution in [0.2, 0.25) is 0 Å². The Morgan fingerprint density at radius 3 is 2.73 bits per heavy atom. The largest absolute Gasteiger partial charge is 0.393 e. The summed E-state index contributed by atoms with van der Waals surface area (Å²) in [7, 11) is 0. The molecule has 0 aromatic carbocycles. The van der Waals surface area contributed by atoms with Crippen molar-refractivity contribution in [3.63, 3.8) is 0 Å². The third kappa shape index (κ3) is 3.92. The number of aliphatic hydroxyl groups is 1. The van der Waals surface area contributed by atoms with Crippen LogP contribution < -0.4 is 0 Å². The van der Waals surface area contributed by atoms with Crippen molar-refractivity contribution in [2.75, 3.05) is 6.61 Å². The summed E-state index contributed by atoms with van der Waals surface area (Å²) in [5.74, 6) is 0.902. The van der Waals surface area contributed by atoms with E-state index < -0.39 is 0 Å². The molecule has 0 aromatic rings. The molecule has 0 radical (unpaired) electrons. The van der Waals surface area contributed by atoms with Gasteiger partial charge in [0.05, 0.1) is 12.2 Å². The average Bonchev–Trinajstić information content (AvgIpc) is 2.16. The lowest BCUT2D eigenvalue weighted by Crippen LogP contribution is -2.35. The molecule has 4 unspecified atom stereocenters. The van der Waals surface area contributed by atoms with Crippen molar-refractivity contribution in [2.24, 2.45) is 11.8 Å². The van der Waals surface area contributed by atoms with E-state index in [4.69, 9.17) is 4.74 Å². The van der Waals surface area contributed by atoms with Gasteiger partial charge in [0.15, 0.2) is 5.78 Å². The maximum absolute atomic E-state index is 10.8. The lowest BCUT2D eigenvalue weighted by atomic mass is 9.78. The van der Waals surface area contributed by atoms with Crippen molar-refractivity contribution >= 4 is 5.78 Å². The van der Waals surface area contributed by atoms with Crippen LogP contribution in [-0.2, 0) is 9.53 Å². The van der Waals surface area contributed by atoms with Crippen LogP contribution in [0, 0.1) is 11.8 Å². The third-order valence-electron chi connectivity index (χ3n) is 3.35. The zero-order chi connectivity index (χ0) is 11.4. The topological polar surface area (TPSA) is 46.5 Å². The maximum Gasteiger partial charge on any atom is 0.155 e. The van der Waals surface area contributed by atoms with E-state index >= 15 is 0 Å². The number of hydrogen-bond donors (Lipinski definition) is 1. The Bertz CT molecular complexity index is 213. The van der Waals surface area contributed by atoms with Gasteiger partial charge in [-0.25, -0.2) is 0 Å². The van der Waals surface area contributed by atoms with E-state index in [0.29, 0.717) is 11.8 Å². The Balaban J connectivity index is 2.42. The Morgan fingerprint density at radius 2 is 2.20 bits per heavy atom. The number of carbonyl (C=O) groups excluding carboxylic acids is 1. The Hall–Kier alpha value is -0.410. The van der Waals surface area contributed by atoms with Gasteiger partial charge in [-0.3, -0.25) is 4.79 Å². The molecule has 4 atom stereocenters. The molecule has 0 heterocycles. The van der Waals surface area contributed by atoms with Crippen molar-refractivity contribution < 1.29 is 14.6 Å². The number of rotatable bonds is 4. The fourth-order valence-corrected chi connectivity index (χ4v) is 2.21. The quantitative estimate of drug-likeness (QED) is 0.776. The molecule has 1 saturated carbocycles. The zero-order valence-corrected chi connectivity index (χ0v) is 9.90. The minimum Gasteiger partial charge on any atom is -0.393 e. The summed E-state index contributed by atoms with van der Waals surface area (Å²) >= 11 is 0. The van der Waals surface area contributed by atoms with Gasteiger partial charge in [-0.1, -0.05) is 6.92 Å². The first-order chi connectivity index (χ1) is 7.00. The summed E-state index contributed by atoms with van der Waals surface area (Å²) in [5.41, 5.74) is 0. The van der Waals surface area contributed by atoms with Crippen LogP contribution in [-0.4, -0.2) is 29.7 Å². The molecular formula is C12H22O3. The SMILES string of the molecule is CC(=O)COC1CC(C(C)O)CCC1C. The normalized spacial score (nSPS) is 33.7. The molecule has 1 aliphatic carbocycles. The number of hydrogen-bond acceptors (Lipinski definition) is 3. The second kappa shape index (κ2) is 5.61. The van der Waals surface area contributed by atoms with Crippen molar-refractivity contribution in [3.05, 3.63) is 0 Å². The summed E-state index contributed by atoms with van der Waals surface area (Å²) in [6.45, 7) is 5.74. The van der Waals surface area contributed by atoms with Gasteiger partial charge in [-0.15, -0.1) is 0 Å². The molecule has 1 fully saturated rings. The number of carbonyl (C=O) groups is 1. The molecule has 1 aliphatic rings. The fourth-order valence-electron chi connectivity index (χ4n) is 2.21. The monoisotopic (exact) mass is 214 g/mol.